The van der Waals surface area contributed by atoms with E-state index in [9.17, 15) is 0 Å². The van der Waals surface area contributed by atoms with Gasteiger partial charge in [0, 0.05) is 21.3 Å². The summed E-state index contributed by atoms with van der Waals surface area (Å²) in [6.45, 7) is 0. The third-order valence-corrected chi connectivity index (χ3v) is 6.60. The average molecular weight is 349 g/mol. The highest BCUT2D eigenvalue weighted by Gasteiger charge is 2.35. The molecule has 2 aliphatic carbocycles. The zero-order valence-electron chi connectivity index (χ0n) is 11.3. The van der Waals surface area contributed by atoms with Crippen LogP contribution < -0.4 is 5.73 Å². The van der Waals surface area contributed by atoms with E-state index in [2.05, 4.69) is 34.1 Å². The van der Waals surface area contributed by atoms with E-state index >= 15 is 0 Å². The number of fused-ring (bicyclic) bond motifs is 3. The van der Waals surface area contributed by atoms with Gasteiger partial charge in [0.25, 0.3) is 0 Å². The van der Waals surface area contributed by atoms with Crippen LogP contribution in [0.5, 0.6) is 0 Å². The van der Waals surface area contributed by atoms with Gasteiger partial charge in [-0.15, -0.1) is 11.3 Å². The Labute approximate surface area is 131 Å². The first-order valence-electron chi connectivity index (χ1n) is 7.24. The number of thiazole rings is 1. The van der Waals surface area contributed by atoms with Crippen molar-refractivity contribution in [2.75, 3.05) is 0 Å². The van der Waals surface area contributed by atoms with E-state index in [1.807, 2.05) is 11.3 Å². The molecule has 0 unspecified atom stereocenters. The smallest absolute Gasteiger partial charge is 0.113 e. The van der Waals surface area contributed by atoms with Crippen molar-refractivity contribution >= 4 is 27.3 Å². The summed E-state index contributed by atoms with van der Waals surface area (Å²) in [4.78, 5) is 6.33. The lowest BCUT2D eigenvalue weighted by atomic mass is 9.83. The van der Waals surface area contributed by atoms with Crippen LogP contribution in [0.15, 0.2) is 22.7 Å². The van der Waals surface area contributed by atoms with Gasteiger partial charge >= 0.3 is 0 Å². The summed E-state index contributed by atoms with van der Waals surface area (Å²) in [6, 6.07) is 6.39. The second-order valence-electron chi connectivity index (χ2n) is 5.95. The molecule has 0 aliphatic heterocycles. The van der Waals surface area contributed by atoms with Gasteiger partial charge in [0.05, 0.1) is 11.2 Å². The first-order chi connectivity index (χ1) is 9.67. The molecule has 4 heteroatoms. The number of hydrogen-bond donors (Lipinski definition) is 1. The number of aromatic nitrogens is 1. The fraction of sp³-hybridized carbons (Fsp3) is 0.438. The van der Waals surface area contributed by atoms with E-state index in [4.69, 9.17) is 10.7 Å². The quantitative estimate of drug-likeness (QED) is 0.698. The van der Waals surface area contributed by atoms with Crippen LogP contribution in [-0.4, -0.2) is 4.98 Å². The number of halogens is 1. The minimum absolute atomic E-state index is 0.167. The van der Waals surface area contributed by atoms with E-state index in [1.165, 1.54) is 45.4 Å². The second-order valence-corrected chi connectivity index (χ2v) is 7.89. The van der Waals surface area contributed by atoms with E-state index in [0.717, 1.165) is 24.3 Å². The van der Waals surface area contributed by atoms with Crippen LogP contribution >= 0.6 is 27.3 Å². The van der Waals surface area contributed by atoms with Crippen LogP contribution in [0.3, 0.4) is 0 Å². The number of benzene rings is 1. The van der Waals surface area contributed by atoms with Gasteiger partial charge in [0.15, 0.2) is 0 Å². The molecule has 0 bridgehead atoms. The van der Waals surface area contributed by atoms with Gasteiger partial charge in [-0.25, -0.2) is 4.98 Å². The summed E-state index contributed by atoms with van der Waals surface area (Å²) in [5, 5.41) is 1.16. The average Bonchev–Trinajstić information content (AvgIpc) is 2.99. The number of hydrogen-bond acceptors (Lipinski definition) is 3. The van der Waals surface area contributed by atoms with E-state index in [0.29, 0.717) is 0 Å². The molecule has 0 saturated heterocycles. The first kappa shape index (κ1) is 13.0. The number of rotatable bonds is 1. The van der Waals surface area contributed by atoms with Crippen molar-refractivity contribution in [2.24, 2.45) is 5.73 Å². The molecular formula is C16H17BrN2S. The Bertz CT molecular complexity index is 671. The predicted molar refractivity (Wildman–Crippen MR) is 87.0 cm³/mol. The van der Waals surface area contributed by atoms with Gasteiger partial charge in [0.1, 0.15) is 5.01 Å². The van der Waals surface area contributed by atoms with Crippen molar-refractivity contribution in [3.05, 3.63) is 38.1 Å². The standard InChI is InChI=1S/C16H17BrN2S/c17-12-6-4-5-10-11(12)9-13-14(10)19-15(20-13)16(18)7-2-1-3-8-16/h4-6H,1-3,7-9,18H2. The van der Waals surface area contributed by atoms with Gasteiger partial charge < -0.3 is 5.73 Å². The normalized spacial score (nSPS) is 19.7. The zero-order valence-corrected chi connectivity index (χ0v) is 13.7. The summed E-state index contributed by atoms with van der Waals surface area (Å²) < 4.78 is 1.20. The SMILES string of the molecule is NC1(c2nc3c(s2)Cc2c(Br)cccc2-3)CCCCC1. The Hall–Kier alpha value is -0.710. The highest BCUT2D eigenvalue weighted by atomic mass is 79.9. The third-order valence-electron chi connectivity index (χ3n) is 4.58. The van der Waals surface area contributed by atoms with Gasteiger partial charge in [-0.1, -0.05) is 47.3 Å². The maximum absolute atomic E-state index is 6.63. The number of nitrogens with zero attached hydrogens (tertiary/aromatic N) is 1. The molecule has 1 aromatic heterocycles. The van der Waals surface area contributed by atoms with E-state index in [1.54, 1.807) is 0 Å². The van der Waals surface area contributed by atoms with Crippen LogP contribution in [0.25, 0.3) is 11.3 Å². The van der Waals surface area contributed by atoms with Crippen molar-refractivity contribution in [1.82, 2.24) is 4.98 Å². The molecule has 0 spiro atoms. The maximum atomic E-state index is 6.63. The number of nitrogens with two attached hydrogens (primary N) is 1. The highest BCUT2D eigenvalue weighted by Crippen LogP contribution is 2.46. The molecule has 2 nitrogen and oxygen atoms in total. The Kier molecular flexibility index (Phi) is 3.02. The first-order valence-corrected chi connectivity index (χ1v) is 8.85. The molecule has 104 valence electrons. The van der Waals surface area contributed by atoms with Gasteiger partial charge in [-0.2, -0.15) is 0 Å². The fourth-order valence-electron chi connectivity index (χ4n) is 3.41. The summed E-state index contributed by atoms with van der Waals surface area (Å²) in [5.74, 6) is 0. The van der Waals surface area contributed by atoms with Gasteiger partial charge in [0.2, 0.25) is 0 Å². The lowest BCUT2D eigenvalue weighted by Crippen LogP contribution is -2.38. The minimum atomic E-state index is -0.167. The summed E-state index contributed by atoms with van der Waals surface area (Å²) >= 11 is 5.48. The van der Waals surface area contributed by atoms with Crippen molar-refractivity contribution in [3.63, 3.8) is 0 Å². The molecule has 1 heterocycles. The van der Waals surface area contributed by atoms with Crippen LogP contribution in [-0.2, 0) is 12.0 Å². The molecule has 2 aromatic rings. The Morgan fingerprint density at radius 1 is 1.20 bits per heavy atom. The molecule has 0 amide bonds. The fourth-order valence-corrected chi connectivity index (χ4v) is 5.17. The lowest BCUT2D eigenvalue weighted by molar-refractivity contribution is 0.301. The van der Waals surface area contributed by atoms with Crippen LogP contribution in [0, 0.1) is 0 Å². The molecule has 0 atom stereocenters. The maximum Gasteiger partial charge on any atom is 0.113 e. The molecule has 1 saturated carbocycles. The molecule has 2 aliphatic rings. The molecular weight excluding hydrogens is 332 g/mol. The summed E-state index contributed by atoms with van der Waals surface area (Å²) in [7, 11) is 0. The zero-order chi connectivity index (χ0) is 13.7. The summed E-state index contributed by atoms with van der Waals surface area (Å²) in [5.41, 5.74) is 10.3. The Balaban J connectivity index is 1.77. The third kappa shape index (κ3) is 1.89. The van der Waals surface area contributed by atoms with Crippen molar-refractivity contribution < 1.29 is 0 Å². The highest BCUT2D eigenvalue weighted by molar-refractivity contribution is 9.10. The van der Waals surface area contributed by atoms with E-state index < -0.39 is 0 Å². The summed E-state index contributed by atoms with van der Waals surface area (Å²) in [6.07, 6.45) is 6.97. The van der Waals surface area contributed by atoms with Gasteiger partial charge in [-0.3, -0.25) is 0 Å². The van der Waals surface area contributed by atoms with Crippen molar-refractivity contribution in [2.45, 2.75) is 44.1 Å². The molecule has 1 fully saturated rings. The van der Waals surface area contributed by atoms with E-state index in [-0.39, 0.29) is 5.54 Å². The molecule has 4 rings (SSSR count). The second kappa shape index (κ2) is 4.65. The molecule has 1 aromatic carbocycles. The van der Waals surface area contributed by atoms with Crippen molar-refractivity contribution in [3.8, 4) is 11.3 Å². The Morgan fingerprint density at radius 2 is 2.00 bits per heavy atom. The largest absolute Gasteiger partial charge is 0.319 e. The van der Waals surface area contributed by atoms with Crippen LogP contribution in [0.2, 0.25) is 0 Å². The molecule has 0 radical (unpaired) electrons. The van der Waals surface area contributed by atoms with Crippen LogP contribution in [0.1, 0.15) is 47.6 Å². The van der Waals surface area contributed by atoms with Gasteiger partial charge in [-0.05, 0) is 24.5 Å². The topological polar surface area (TPSA) is 38.9 Å². The molecule has 20 heavy (non-hydrogen) atoms. The predicted octanol–water partition coefficient (Wildman–Crippen LogP) is 4.59. The minimum Gasteiger partial charge on any atom is -0.319 e. The van der Waals surface area contributed by atoms with Crippen LogP contribution in [0.4, 0.5) is 0 Å². The monoisotopic (exact) mass is 348 g/mol. The van der Waals surface area contributed by atoms with Crippen molar-refractivity contribution in [1.29, 1.82) is 0 Å². The Morgan fingerprint density at radius 3 is 2.80 bits per heavy atom. The molecule has 2 N–H and O–H groups in total. The lowest BCUT2D eigenvalue weighted by Gasteiger charge is -2.31.